The molecule has 3 rings (SSSR count). The first-order valence-corrected chi connectivity index (χ1v) is 8.77. The molecule has 0 aromatic heterocycles. The van der Waals surface area contributed by atoms with E-state index in [1.165, 1.54) is 5.56 Å². The zero-order chi connectivity index (χ0) is 17.1. The molecular formula is C19H15BrClNO2. The summed E-state index contributed by atoms with van der Waals surface area (Å²) >= 11 is 9.54. The highest BCUT2D eigenvalue weighted by atomic mass is 79.9. The Balaban J connectivity index is 1.64. The summed E-state index contributed by atoms with van der Waals surface area (Å²) in [5, 5.41) is 3.23. The molecule has 1 aliphatic carbocycles. The van der Waals surface area contributed by atoms with Gasteiger partial charge in [0.25, 0.3) is 0 Å². The summed E-state index contributed by atoms with van der Waals surface area (Å²) in [4.78, 5) is 24.8. The van der Waals surface area contributed by atoms with Crippen LogP contribution in [0.3, 0.4) is 0 Å². The van der Waals surface area contributed by atoms with Crippen molar-refractivity contribution in [2.75, 3.05) is 13.1 Å². The molecule has 0 radical (unpaired) electrons. The fraction of sp³-hybridized carbons (Fsp3) is 0.158. The number of hydrogen-bond acceptors (Lipinski definition) is 3. The second-order valence-electron chi connectivity index (χ2n) is 5.55. The molecule has 2 aromatic carbocycles. The first kappa shape index (κ1) is 17.1. The highest BCUT2D eigenvalue weighted by Crippen LogP contribution is 2.28. The molecule has 2 aromatic rings. The summed E-state index contributed by atoms with van der Waals surface area (Å²) in [5.41, 5.74) is 2.35. The van der Waals surface area contributed by atoms with E-state index in [0.29, 0.717) is 23.2 Å². The highest BCUT2D eigenvalue weighted by Gasteiger charge is 2.30. The molecule has 5 heteroatoms. The minimum atomic E-state index is -0.281. The first-order chi connectivity index (χ1) is 11.6. The maximum absolute atomic E-state index is 12.5. The van der Waals surface area contributed by atoms with Crippen LogP contribution in [0.4, 0.5) is 0 Å². The summed E-state index contributed by atoms with van der Waals surface area (Å²) in [5.74, 6) is -0.456. The average Bonchev–Trinajstić information content (AvgIpc) is 2.60. The summed E-state index contributed by atoms with van der Waals surface area (Å²) in [6, 6.07) is 14.9. The van der Waals surface area contributed by atoms with Crippen LogP contribution >= 0.6 is 27.5 Å². The number of carbonyl (C=O) groups is 2. The van der Waals surface area contributed by atoms with Crippen molar-refractivity contribution in [2.45, 2.75) is 6.42 Å². The van der Waals surface area contributed by atoms with Gasteiger partial charge in [-0.1, -0.05) is 63.9 Å². The summed E-state index contributed by atoms with van der Waals surface area (Å²) < 4.78 is 1.04. The topological polar surface area (TPSA) is 46.2 Å². The number of allylic oxidation sites excluding steroid dienone is 1. The van der Waals surface area contributed by atoms with Gasteiger partial charge in [-0.2, -0.15) is 0 Å². The predicted molar refractivity (Wildman–Crippen MR) is 98.7 cm³/mol. The van der Waals surface area contributed by atoms with Gasteiger partial charge in [0.2, 0.25) is 5.78 Å². The smallest absolute Gasteiger partial charge is 0.205 e. The van der Waals surface area contributed by atoms with E-state index >= 15 is 0 Å². The van der Waals surface area contributed by atoms with Crippen LogP contribution in [-0.2, 0) is 6.42 Å². The van der Waals surface area contributed by atoms with Gasteiger partial charge in [-0.25, -0.2) is 0 Å². The second-order valence-corrected chi connectivity index (χ2v) is 6.84. The van der Waals surface area contributed by atoms with Crippen molar-refractivity contribution in [1.82, 2.24) is 5.32 Å². The van der Waals surface area contributed by atoms with Crippen LogP contribution in [0.15, 0.2) is 63.6 Å². The first-order valence-electron chi connectivity index (χ1n) is 7.60. The zero-order valence-corrected chi connectivity index (χ0v) is 15.2. The monoisotopic (exact) mass is 403 g/mol. The molecule has 0 aliphatic heterocycles. The molecule has 24 heavy (non-hydrogen) atoms. The quantitative estimate of drug-likeness (QED) is 0.761. The summed E-state index contributed by atoms with van der Waals surface area (Å²) in [6.07, 6.45) is 0.830. The van der Waals surface area contributed by atoms with E-state index in [0.717, 1.165) is 10.9 Å². The Kier molecular flexibility index (Phi) is 5.29. The van der Waals surface area contributed by atoms with E-state index in [1.54, 1.807) is 24.3 Å². The van der Waals surface area contributed by atoms with Gasteiger partial charge < -0.3 is 5.32 Å². The Morgan fingerprint density at radius 3 is 2.21 bits per heavy atom. The fourth-order valence-corrected chi connectivity index (χ4v) is 3.17. The third kappa shape index (κ3) is 3.51. The van der Waals surface area contributed by atoms with Gasteiger partial charge in [-0.05, 0) is 30.7 Å². The molecular weight excluding hydrogens is 390 g/mol. The number of fused-ring (bicyclic) bond motifs is 1. The summed E-state index contributed by atoms with van der Waals surface area (Å²) in [7, 11) is 0. The predicted octanol–water partition coefficient (Wildman–Crippen LogP) is 4.15. The molecule has 0 saturated carbocycles. The van der Waals surface area contributed by atoms with Crippen LogP contribution in [0.2, 0.25) is 0 Å². The van der Waals surface area contributed by atoms with Crippen LogP contribution in [0.5, 0.6) is 0 Å². The number of halogens is 2. The SMILES string of the molecule is O=C1C(Cl)=C(CNCCc2ccc(Br)cc2)C(=O)c2ccccc21. The van der Waals surface area contributed by atoms with E-state index < -0.39 is 0 Å². The van der Waals surface area contributed by atoms with Crippen molar-refractivity contribution in [3.63, 3.8) is 0 Å². The van der Waals surface area contributed by atoms with Crippen molar-refractivity contribution in [2.24, 2.45) is 0 Å². The minimum Gasteiger partial charge on any atom is -0.312 e. The Bertz CT molecular complexity index is 828. The Morgan fingerprint density at radius 2 is 1.54 bits per heavy atom. The van der Waals surface area contributed by atoms with Crippen molar-refractivity contribution in [1.29, 1.82) is 0 Å². The lowest BCUT2D eigenvalue weighted by molar-refractivity contribution is 0.0979. The van der Waals surface area contributed by atoms with Gasteiger partial charge in [0.05, 0.1) is 5.03 Å². The van der Waals surface area contributed by atoms with E-state index in [-0.39, 0.29) is 23.1 Å². The van der Waals surface area contributed by atoms with Crippen LogP contribution in [0.1, 0.15) is 26.3 Å². The fourth-order valence-electron chi connectivity index (χ4n) is 2.65. The van der Waals surface area contributed by atoms with Gasteiger partial charge in [-0.3, -0.25) is 9.59 Å². The average molecular weight is 405 g/mol. The number of rotatable bonds is 5. The van der Waals surface area contributed by atoms with Gasteiger partial charge >= 0.3 is 0 Å². The lowest BCUT2D eigenvalue weighted by Crippen LogP contribution is -2.28. The third-order valence-corrected chi connectivity index (χ3v) is 4.89. The van der Waals surface area contributed by atoms with Crippen LogP contribution in [0.25, 0.3) is 0 Å². The molecule has 0 amide bonds. The van der Waals surface area contributed by atoms with Crippen molar-refractivity contribution in [3.8, 4) is 0 Å². The van der Waals surface area contributed by atoms with E-state index in [4.69, 9.17) is 11.6 Å². The lowest BCUT2D eigenvalue weighted by atomic mass is 9.89. The third-order valence-electron chi connectivity index (χ3n) is 3.96. The normalized spacial score (nSPS) is 14.1. The molecule has 0 bridgehead atoms. The molecule has 122 valence electrons. The number of Topliss-reactive ketones (excluding diaryl/α,β-unsaturated/α-hetero) is 2. The maximum Gasteiger partial charge on any atom is 0.205 e. The Morgan fingerprint density at radius 1 is 0.917 bits per heavy atom. The van der Waals surface area contributed by atoms with Gasteiger partial charge in [0.1, 0.15) is 0 Å². The number of nitrogens with one attached hydrogen (secondary N) is 1. The van der Waals surface area contributed by atoms with E-state index in [9.17, 15) is 9.59 Å². The molecule has 0 heterocycles. The minimum absolute atomic E-state index is 0.0230. The Hall–Kier alpha value is -1.75. The zero-order valence-electron chi connectivity index (χ0n) is 12.8. The van der Waals surface area contributed by atoms with Crippen molar-refractivity contribution < 1.29 is 9.59 Å². The molecule has 3 nitrogen and oxygen atoms in total. The maximum atomic E-state index is 12.5. The number of carbonyl (C=O) groups excluding carboxylic acids is 2. The highest BCUT2D eigenvalue weighted by molar-refractivity contribution is 9.10. The molecule has 0 spiro atoms. The molecule has 0 atom stereocenters. The van der Waals surface area contributed by atoms with Gasteiger partial charge in [-0.15, -0.1) is 0 Å². The molecule has 0 fully saturated rings. The van der Waals surface area contributed by atoms with E-state index in [1.807, 2.05) is 24.3 Å². The lowest BCUT2D eigenvalue weighted by Gasteiger charge is -2.18. The second kappa shape index (κ2) is 7.43. The molecule has 1 N–H and O–H groups in total. The largest absolute Gasteiger partial charge is 0.312 e. The number of hydrogen-bond donors (Lipinski definition) is 1. The molecule has 0 unspecified atom stereocenters. The van der Waals surface area contributed by atoms with E-state index in [2.05, 4.69) is 21.2 Å². The summed E-state index contributed by atoms with van der Waals surface area (Å²) in [6.45, 7) is 0.979. The Labute approximate surface area is 153 Å². The number of ketones is 2. The van der Waals surface area contributed by atoms with Gasteiger partial charge in [0, 0.05) is 27.7 Å². The molecule has 1 aliphatic rings. The standard InChI is InChI=1S/C19H15BrClNO2/c20-13-7-5-12(6-8-13)9-10-22-11-16-17(21)19(24)15-4-2-1-3-14(15)18(16)23/h1-8,22H,9-11H2. The number of benzene rings is 2. The van der Waals surface area contributed by atoms with Crippen LogP contribution < -0.4 is 5.32 Å². The van der Waals surface area contributed by atoms with Crippen molar-refractivity contribution in [3.05, 3.63) is 80.3 Å². The molecule has 0 saturated heterocycles. The van der Waals surface area contributed by atoms with Crippen molar-refractivity contribution >= 4 is 39.1 Å². The van der Waals surface area contributed by atoms with Crippen LogP contribution in [-0.4, -0.2) is 24.7 Å². The van der Waals surface area contributed by atoms with Gasteiger partial charge in [0.15, 0.2) is 5.78 Å². The van der Waals surface area contributed by atoms with Crippen LogP contribution in [0, 0.1) is 0 Å².